The van der Waals surface area contributed by atoms with Crippen LogP contribution in [-0.4, -0.2) is 27.5 Å². The average molecular weight is 336 g/mol. The number of aliphatic carboxylic acids is 1. The van der Waals surface area contributed by atoms with Gasteiger partial charge >= 0.3 is 5.97 Å². The molecule has 0 unspecified atom stereocenters. The molecule has 25 heavy (non-hydrogen) atoms. The van der Waals surface area contributed by atoms with Gasteiger partial charge in [-0.25, -0.2) is 9.48 Å². The van der Waals surface area contributed by atoms with Crippen molar-refractivity contribution in [2.24, 2.45) is 0 Å². The molecule has 5 nitrogen and oxygen atoms in total. The second-order valence-corrected chi connectivity index (χ2v) is 6.07. The van der Waals surface area contributed by atoms with Crippen LogP contribution in [0.15, 0.2) is 60.7 Å². The maximum absolute atomic E-state index is 10.7. The van der Waals surface area contributed by atoms with Gasteiger partial charge in [-0.15, -0.1) is 5.10 Å². The monoisotopic (exact) mass is 336 g/mol. The van der Waals surface area contributed by atoms with Crippen LogP contribution >= 0.6 is 0 Å². The van der Waals surface area contributed by atoms with E-state index in [1.54, 1.807) is 10.7 Å². The van der Waals surface area contributed by atoms with Crippen molar-refractivity contribution in [3.05, 3.63) is 66.2 Å². The van der Waals surface area contributed by atoms with Gasteiger partial charge in [0.25, 0.3) is 0 Å². The summed E-state index contributed by atoms with van der Waals surface area (Å²) in [6.07, 6.45) is 0. The number of nitrogens with zero attached hydrogens (tertiary/aromatic N) is 2. The first-order valence-electron chi connectivity index (χ1n) is 8.15. The van der Waals surface area contributed by atoms with E-state index in [1.807, 2.05) is 42.5 Å². The number of aromatic nitrogens is 2. The minimum absolute atomic E-state index is 0.286. The number of hydrogen-bond donors (Lipinski definition) is 1. The minimum atomic E-state index is -1.03. The number of carboxylic acids is 1. The molecule has 3 aromatic rings. The van der Waals surface area contributed by atoms with Crippen molar-refractivity contribution in [3.63, 3.8) is 0 Å². The fraction of sp³-hybridized carbons (Fsp3) is 0.200. The Kier molecular flexibility index (Phi) is 4.84. The van der Waals surface area contributed by atoms with Crippen molar-refractivity contribution in [2.75, 3.05) is 6.61 Å². The third-order valence-electron chi connectivity index (χ3n) is 3.90. The zero-order valence-electron chi connectivity index (χ0n) is 14.2. The van der Waals surface area contributed by atoms with Crippen molar-refractivity contribution in [1.29, 1.82) is 0 Å². The van der Waals surface area contributed by atoms with Crippen LogP contribution in [0.1, 0.15) is 25.3 Å². The Balaban J connectivity index is 2.02. The molecule has 0 aliphatic rings. The van der Waals surface area contributed by atoms with Gasteiger partial charge in [-0.2, -0.15) is 0 Å². The van der Waals surface area contributed by atoms with Crippen LogP contribution in [-0.2, 0) is 4.79 Å². The maximum atomic E-state index is 10.7. The largest absolute Gasteiger partial charge is 0.479 e. The standard InChI is InChI=1S/C20H20N2O3/c1-14(2)15-8-10-17(11-9-15)22-18(16-6-4-3-5-7-16)12-19(21-22)25-13-20(23)24/h3-12,14H,13H2,1-2H3,(H,23,24). The number of rotatable bonds is 6. The normalized spacial score (nSPS) is 10.8. The molecular weight excluding hydrogens is 316 g/mol. The quantitative estimate of drug-likeness (QED) is 0.735. The molecule has 1 aromatic heterocycles. The molecule has 2 aromatic carbocycles. The molecule has 0 saturated carbocycles. The summed E-state index contributed by atoms with van der Waals surface area (Å²) in [6, 6.07) is 19.7. The molecule has 0 aliphatic carbocycles. The second-order valence-electron chi connectivity index (χ2n) is 6.07. The van der Waals surface area contributed by atoms with E-state index in [0.717, 1.165) is 16.9 Å². The molecule has 0 atom stereocenters. The van der Waals surface area contributed by atoms with Crippen LogP contribution < -0.4 is 4.74 Å². The van der Waals surface area contributed by atoms with E-state index in [0.29, 0.717) is 5.92 Å². The van der Waals surface area contributed by atoms with E-state index < -0.39 is 12.6 Å². The molecule has 0 radical (unpaired) electrons. The lowest BCUT2D eigenvalue weighted by Crippen LogP contribution is -2.10. The van der Waals surface area contributed by atoms with Crippen molar-refractivity contribution in [3.8, 4) is 22.8 Å². The SMILES string of the molecule is CC(C)c1ccc(-n2nc(OCC(=O)O)cc2-c2ccccc2)cc1. The van der Waals surface area contributed by atoms with Crippen LogP contribution in [0.3, 0.4) is 0 Å². The second kappa shape index (κ2) is 7.21. The lowest BCUT2D eigenvalue weighted by Gasteiger charge is -2.10. The van der Waals surface area contributed by atoms with Crippen molar-refractivity contribution in [1.82, 2.24) is 9.78 Å². The molecule has 5 heteroatoms. The van der Waals surface area contributed by atoms with Crippen molar-refractivity contribution < 1.29 is 14.6 Å². The van der Waals surface area contributed by atoms with E-state index in [2.05, 4.69) is 31.1 Å². The highest BCUT2D eigenvalue weighted by atomic mass is 16.5. The summed E-state index contributed by atoms with van der Waals surface area (Å²) in [7, 11) is 0. The third-order valence-corrected chi connectivity index (χ3v) is 3.90. The Labute approximate surface area is 146 Å². The Bertz CT molecular complexity index is 852. The Morgan fingerprint density at radius 2 is 1.80 bits per heavy atom. The number of carboxylic acid groups (broad SMARTS) is 1. The average Bonchev–Trinajstić information content (AvgIpc) is 3.05. The summed E-state index contributed by atoms with van der Waals surface area (Å²) in [5, 5.41) is 13.2. The Hall–Kier alpha value is -3.08. The lowest BCUT2D eigenvalue weighted by molar-refractivity contribution is -0.139. The van der Waals surface area contributed by atoms with E-state index >= 15 is 0 Å². The van der Waals surface area contributed by atoms with Gasteiger partial charge in [0, 0.05) is 11.6 Å². The van der Waals surface area contributed by atoms with Gasteiger partial charge in [0.05, 0.1) is 11.4 Å². The first kappa shape index (κ1) is 16.8. The Morgan fingerprint density at radius 3 is 2.40 bits per heavy atom. The number of ether oxygens (including phenoxy) is 1. The molecular formula is C20H20N2O3. The summed E-state index contributed by atoms with van der Waals surface area (Å²) in [5.74, 6) is -0.291. The molecule has 0 fully saturated rings. The molecule has 1 heterocycles. The van der Waals surface area contributed by atoms with Crippen LogP contribution in [0.25, 0.3) is 16.9 Å². The predicted octanol–water partition coefficient (Wildman–Crippen LogP) is 4.13. The molecule has 0 amide bonds. The molecule has 3 rings (SSSR count). The zero-order chi connectivity index (χ0) is 17.8. The van der Waals surface area contributed by atoms with Gasteiger partial charge in [-0.1, -0.05) is 56.3 Å². The van der Waals surface area contributed by atoms with Gasteiger partial charge in [-0.3, -0.25) is 0 Å². The first-order valence-corrected chi connectivity index (χ1v) is 8.15. The lowest BCUT2D eigenvalue weighted by atomic mass is 10.0. The molecule has 0 aliphatic heterocycles. The zero-order valence-corrected chi connectivity index (χ0v) is 14.2. The van der Waals surface area contributed by atoms with Gasteiger partial charge in [0.1, 0.15) is 0 Å². The minimum Gasteiger partial charge on any atom is -0.479 e. The molecule has 1 N–H and O–H groups in total. The summed E-state index contributed by atoms with van der Waals surface area (Å²) in [6.45, 7) is 3.88. The summed E-state index contributed by atoms with van der Waals surface area (Å²) in [4.78, 5) is 10.7. The van der Waals surface area contributed by atoms with Gasteiger partial charge in [0.15, 0.2) is 6.61 Å². The maximum Gasteiger partial charge on any atom is 0.341 e. The first-order chi connectivity index (χ1) is 12.0. The van der Waals surface area contributed by atoms with Gasteiger partial charge < -0.3 is 9.84 Å². The van der Waals surface area contributed by atoms with E-state index in [4.69, 9.17) is 9.84 Å². The number of carbonyl (C=O) groups is 1. The predicted molar refractivity (Wildman–Crippen MR) is 96.2 cm³/mol. The number of hydrogen-bond acceptors (Lipinski definition) is 3. The Morgan fingerprint density at radius 1 is 1.12 bits per heavy atom. The molecule has 0 bridgehead atoms. The highest BCUT2D eigenvalue weighted by Crippen LogP contribution is 2.27. The van der Waals surface area contributed by atoms with Crippen LogP contribution in [0.5, 0.6) is 5.88 Å². The molecule has 0 spiro atoms. The van der Waals surface area contributed by atoms with E-state index in [-0.39, 0.29) is 5.88 Å². The van der Waals surface area contributed by atoms with E-state index in [9.17, 15) is 4.79 Å². The third kappa shape index (κ3) is 3.88. The summed E-state index contributed by atoms with van der Waals surface area (Å²) in [5.41, 5.74) is 3.97. The number of benzene rings is 2. The van der Waals surface area contributed by atoms with Crippen LogP contribution in [0.4, 0.5) is 0 Å². The van der Waals surface area contributed by atoms with Crippen LogP contribution in [0, 0.1) is 0 Å². The van der Waals surface area contributed by atoms with Gasteiger partial charge in [0.2, 0.25) is 5.88 Å². The molecule has 0 saturated heterocycles. The van der Waals surface area contributed by atoms with E-state index in [1.165, 1.54) is 5.56 Å². The topological polar surface area (TPSA) is 64.4 Å². The van der Waals surface area contributed by atoms with Crippen molar-refractivity contribution in [2.45, 2.75) is 19.8 Å². The smallest absolute Gasteiger partial charge is 0.341 e. The van der Waals surface area contributed by atoms with Crippen LogP contribution in [0.2, 0.25) is 0 Å². The summed E-state index contributed by atoms with van der Waals surface area (Å²) >= 11 is 0. The fourth-order valence-corrected chi connectivity index (χ4v) is 2.58. The summed E-state index contributed by atoms with van der Waals surface area (Å²) < 4.78 is 7.04. The molecule has 128 valence electrons. The fourth-order valence-electron chi connectivity index (χ4n) is 2.58. The highest BCUT2D eigenvalue weighted by molar-refractivity contribution is 5.68. The van der Waals surface area contributed by atoms with Crippen molar-refractivity contribution >= 4 is 5.97 Å². The highest BCUT2D eigenvalue weighted by Gasteiger charge is 2.13. The van der Waals surface area contributed by atoms with Gasteiger partial charge in [-0.05, 0) is 23.6 Å².